The highest BCUT2D eigenvalue weighted by atomic mass is 16.5. The van der Waals surface area contributed by atoms with E-state index in [2.05, 4.69) is 0 Å². The molecule has 1 aromatic heterocycles. The van der Waals surface area contributed by atoms with E-state index in [1.54, 1.807) is 30.5 Å². The summed E-state index contributed by atoms with van der Waals surface area (Å²) >= 11 is 0. The predicted molar refractivity (Wildman–Crippen MR) is 102 cm³/mol. The lowest BCUT2D eigenvalue weighted by atomic mass is 10.0. The Morgan fingerprint density at radius 1 is 0.963 bits per heavy atom. The third-order valence-electron chi connectivity index (χ3n) is 4.48. The van der Waals surface area contributed by atoms with E-state index in [0.717, 1.165) is 16.2 Å². The summed E-state index contributed by atoms with van der Waals surface area (Å²) in [5.41, 5.74) is 7.37. The second-order valence-corrected chi connectivity index (χ2v) is 6.28. The summed E-state index contributed by atoms with van der Waals surface area (Å²) in [6, 6.07) is 20.5. The molecular formula is C22H17NO4. The quantitative estimate of drug-likeness (QED) is 0.548. The van der Waals surface area contributed by atoms with Gasteiger partial charge in [-0.05, 0) is 16.8 Å². The highest BCUT2D eigenvalue weighted by Gasteiger charge is 2.23. The van der Waals surface area contributed by atoms with Gasteiger partial charge in [0.25, 0.3) is 5.91 Å². The average Bonchev–Trinajstić information content (AvgIpc) is 3.10. The molecule has 1 heterocycles. The van der Waals surface area contributed by atoms with Gasteiger partial charge in [-0.25, -0.2) is 0 Å². The fourth-order valence-electron chi connectivity index (χ4n) is 3.25. The maximum absolute atomic E-state index is 12.5. The number of rotatable bonds is 5. The normalized spacial score (nSPS) is 12.1. The molecule has 134 valence electrons. The van der Waals surface area contributed by atoms with E-state index in [4.69, 9.17) is 14.9 Å². The van der Waals surface area contributed by atoms with Crippen molar-refractivity contribution in [2.45, 2.75) is 12.5 Å². The molecule has 5 heteroatoms. The lowest BCUT2D eigenvalue weighted by Crippen LogP contribution is -2.26. The van der Waals surface area contributed by atoms with Crippen LogP contribution in [0.1, 0.15) is 17.2 Å². The zero-order valence-electron chi connectivity index (χ0n) is 14.4. The Morgan fingerprint density at radius 3 is 2.48 bits per heavy atom. The first-order valence-electron chi connectivity index (χ1n) is 8.55. The Hall–Kier alpha value is -3.60. The summed E-state index contributed by atoms with van der Waals surface area (Å²) in [4.78, 5) is 24.3. The summed E-state index contributed by atoms with van der Waals surface area (Å²) in [5, 5.41) is 2.93. The van der Waals surface area contributed by atoms with Gasteiger partial charge < -0.3 is 14.9 Å². The molecule has 4 rings (SSSR count). The molecule has 5 nitrogen and oxygen atoms in total. The Morgan fingerprint density at radius 2 is 1.70 bits per heavy atom. The number of carbonyl (C=O) groups excluding carboxylic acids is 2. The molecule has 0 spiro atoms. The van der Waals surface area contributed by atoms with E-state index in [1.807, 2.05) is 42.5 Å². The highest BCUT2D eigenvalue weighted by Crippen LogP contribution is 2.30. The van der Waals surface area contributed by atoms with E-state index in [0.29, 0.717) is 16.7 Å². The molecule has 1 atom stereocenters. The Labute approximate surface area is 155 Å². The molecule has 0 bridgehead atoms. The van der Waals surface area contributed by atoms with Crippen LogP contribution in [-0.2, 0) is 20.7 Å². The van der Waals surface area contributed by atoms with E-state index in [1.165, 1.54) is 0 Å². The number of nitrogens with two attached hydrogens (primary N) is 1. The van der Waals surface area contributed by atoms with Crippen LogP contribution in [0.3, 0.4) is 0 Å². The fourth-order valence-corrected chi connectivity index (χ4v) is 3.25. The van der Waals surface area contributed by atoms with Crippen LogP contribution in [0, 0.1) is 0 Å². The maximum atomic E-state index is 12.5. The first kappa shape index (κ1) is 16.8. The lowest BCUT2D eigenvalue weighted by Gasteiger charge is -2.14. The third-order valence-corrected chi connectivity index (χ3v) is 4.48. The van der Waals surface area contributed by atoms with Crippen LogP contribution < -0.4 is 5.73 Å². The van der Waals surface area contributed by atoms with Crippen molar-refractivity contribution >= 4 is 33.6 Å². The molecule has 0 aliphatic heterocycles. The molecule has 3 aromatic carbocycles. The number of furan rings is 1. The monoisotopic (exact) mass is 359 g/mol. The zero-order valence-corrected chi connectivity index (χ0v) is 14.4. The fraction of sp³-hybridized carbons (Fsp3) is 0.0909. The molecule has 4 aromatic rings. The van der Waals surface area contributed by atoms with Crippen molar-refractivity contribution in [1.82, 2.24) is 0 Å². The minimum atomic E-state index is -1.12. The number of hydrogen-bond acceptors (Lipinski definition) is 4. The van der Waals surface area contributed by atoms with Crippen molar-refractivity contribution in [3.63, 3.8) is 0 Å². The Balaban J connectivity index is 1.63. The minimum absolute atomic E-state index is 0.0162. The predicted octanol–water partition coefficient (Wildman–Crippen LogP) is 3.90. The number of benzene rings is 3. The summed E-state index contributed by atoms with van der Waals surface area (Å²) in [7, 11) is 0. The summed E-state index contributed by atoms with van der Waals surface area (Å²) in [6.07, 6.45) is 0.422. The van der Waals surface area contributed by atoms with Crippen LogP contribution >= 0.6 is 0 Å². The van der Waals surface area contributed by atoms with Crippen molar-refractivity contribution in [2.24, 2.45) is 5.73 Å². The summed E-state index contributed by atoms with van der Waals surface area (Å²) in [5.74, 6) is -1.25. The van der Waals surface area contributed by atoms with Crippen molar-refractivity contribution in [2.75, 3.05) is 0 Å². The van der Waals surface area contributed by atoms with E-state index < -0.39 is 18.0 Å². The highest BCUT2D eigenvalue weighted by molar-refractivity contribution is 6.08. The van der Waals surface area contributed by atoms with Gasteiger partial charge in [0.2, 0.25) is 6.10 Å². The lowest BCUT2D eigenvalue weighted by molar-refractivity contribution is -0.154. The van der Waals surface area contributed by atoms with Crippen LogP contribution in [0.4, 0.5) is 0 Å². The number of primary amides is 1. The summed E-state index contributed by atoms with van der Waals surface area (Å²) in [6.45, 7) is 0. The molecule has 27 heavy (non-hydrogen) atoms. The molecule has 0 radical (unpaired) electrons. The van der Waals surface area contributed by atoms with Crippen molar-refractivity contribution in [3.8, 4) is 0 Å². The second-order valence-electron chi connectivity index (χ2n) is 6.28. The molecule has 0 aliphatic carbocycles. The molecule has 0 saturated carbocycles. The number of carbonyl (C=O) groups is 2. The topological polar surface area (TPSA) is 82.5 Å². The van der Waals surface area contributed by atoms with Gasteiger partial charge in [0.15, 0.2) is 0 Å². The first-order valence-corrected chi connectivity index (χ1v) is 8.55. The van der Waals surface area contributed by atoms with Crippen LogP contribution in [-0.4, -0.2) is 11.9 Å². The number of esters is 1. The SMILES string of the molecule is NC(=O)C(OC(=O)Cc1coc2ccc3ccccc3c12)c1ccccc1. The van der Waals surface area contributed by atoms with Gasteiger partial charge in [-0.3, -0.25) is 9.59 Å². The standard InChI is InChI=1S/C22H17NO4/c23-22(25)21(15-7-2-1-3-8-15)27-19(24)12-16-13-26-18-11-10-14-6-4-5-9-17(14)20(16)18/h1-11,13,21H,12H2,(H2,23,25). The summed E-state index contributed by atoms with van der Waals surface area (Å²) < 4.78 is 11.0. The van der Waals surface area contributed by atoms with Crippen LogP contribution in [0.2, 0.25) is 0 Å². The zero-order chi connectivity index (χ0) is 18.8. The average molecular weight is 359 g/mol. The molecule has 0 aliphatic rings. The van der Waals surface area contributed by atoms with Crippen LogP contribution in [0.5, 0.6) is 0 Å². The van der Waals surface area contributed by atoms with Gasteiger partial charge in [-0.15, -0.1) is 0 Å². The first-order chi connectivity index (χ1) is 13.1. The molecule has 2 N–H and O–H groups in total. The van der Waals surface area contributed by atoms with E-state index >= 15 is 0 Å². The van der Waals surface area contributed by atoms with E-state index in [9.17, 15) is 9.59 Å². The number of ether oxygens (including phenoxy) is 1. The van der Waals surface area contributed by atoms with Gasteiger partial charge in [0.1, 0.15) is 5.58 Å². The molecule has 0 fully saturated rings. The smallest absolute Gasteiger partial charge is 0.311 e. The Bertz CT molecular complexity index is 1130. The third kappa shape index (κ3) is 3.27. The van der Waals surface area contributed by atoms with Crippen molar-refractivity contribution in [3.05, 3.63) is 84.1 Å². The molecule has 0 saturated heterocycles. The largest absolute Gasteiger partial charge is 0.464 e. The van der Waals surface area contributed by atoms with Gasteiger partial charge in [-0.1, -0.05) is 60.7 Å². The van der Waals surface area contributed by atoms with Gasteiger partial charge in [-0.2, -0.15) is 0 Å². The van der Waals surface area contributed by atoms with Gasteiger partial charge >= 0.3 is 5.97 Å². The van der Waals surface area contributed by atoms with Crippen LogP contribution in [0.15, 0.2) is 77.4 Å². The minimum Gasteiger partial charge on any atom is -0.464 e. The molecular weight excluding hydrogens is 342 g/mol. The Kier molecular flexibility index (Phi) is 4.34. The van der Waals surface area contributed by atoms with E-state index in [-0.39, 0.29) is 6.42 Å². The van der Waals surface area contributed by atoms with Crippen LogP contribution in [0.25, 0.3) is 21.7 Å². The van der Waals surface area contributed by atoms with Gasteiger partial charge in [0, 0.05) is 16.5 Å². The number of fused-ring (bicyclic) bond motifs is 3. The number of hydrogen-bond donors (Lipinski definition) is 1. The van der Waals surface area contributed by atoms with Gasteiger partial charge in [0.05, 0.1) is 12.7 Å². The molecule has 1 unspecified atom stereocenters. The maximum Gasteiger partial charge on any atom is 0.311 e. The number of amides is 1. The second kappa shape index (κ2) is 6.96. The van der Waals surface area contributed by atoms with Crippen molar-refractivity contribution < 1.29 is 18.7 Å². The molecule has 1 amide bonds. The van der Waals surface area contributed by atoms with Crippen molar-refractivity contribution in [1.29, 1.82) is 0 Å².